The van der Waals surface area contributed by atoms with E-state index in [4.69, 9.17) is 15.0 Å². The Balaban J connectivity index is 1.73. The summed E-state index contributed by atoms with van der Waals surface area (Å²) in [5.74, 6) is -8.85. The number of carbonyl (C=O) groups excluding carboxylic acids is 9. The van der Waals surface area contributed by atoms with Gasteiger partial charge in [-0.2, -0.15) is 8.42 Å². The van der Waals surface area contributed by atoms with Crippen LogP contribution in [-0.4, -0.2) is 137 Å². The number of para-hydroxylation sites is 1. The second-order valence-electron chi connectivity index (χ2n) is 19.8. The number of primary amides is 1. The smallest absolute Gasteiger partial charge is 0.446 e. The summed E-state index contributed by atoms with van der Waals surface area (Å²) in [7, 11) is -4.90. The molecule has 4 rings (SSSR count). The number of fused-ring (bicyclic) bond motifs is 1. The highest BCUT2D eigenvalue weighted by atomic mass is 32.3. The van der Waals surface area contributed by atoms with Crippen LogP contribution in [0.15, 0.2) is 54.7 Å². The number of nitrogens with one attached hydrogen (secondary N) is 9. The third-order valence-corrected chi connectivity index (χ3v) is 12.6. The predicted molar refractivity (Wildman–Crippen MR) is 281 cm³/mol. The maximum absolute atomic E-state index is 14.7. The van der Waals surface area contributed by atoms with Gasteiger partial charge in [-0.3, -0.25) is 47.7 Å². The van der Waals surface area contributed by atoms with Crippen molar-refractivity contribution in [1.29, 1.82) is 0 Å². The molecule has 1 saturated heterocycles. The maximum atomic E-state index is 14.7. The number of carbonyl (C=O) groups is 10. The number of alkyl carbamates (subject to hydrolysis) is 1. The highest BCUT2D eigenvalue weighted by Crippen LogP contribution is 2.21. The van der Waals surface area contributed by atoms with E-state index in [1.54, 1.807) is 51.2 Å². The molecule has 1 fully saturated rings. The fraction of sp³-hybridized carbons (Fsp3) is 0.529. The minimum Gasteiger partial charge on any atom is -0.481 e. The van der Waals surface area contributed by atoms with Crippen molar-refractivity contribution in [3.63, 3.8) is 0 Å². The number of aromatic nitrogens is 1. The normalized spacial score (nSPS) is 19.2. The number of nitrogens with two attached hydrogens (primary N) is 1. The Labute approximate surface area is 451 Å². The summed E-state index contributed by atoms with van der Waals surface area (Å²) in [6, 6.07) is 1.93. The number of benzene rings is 2. The largest absolute Gasteiger partial charge is 0.481 e. The van der Waals surface area contributed by atoms with Crippen LogP contribution >= 0.6 is 0 Å². The first-order valence-corrected chi connectivity index (χ1v) is 27.0. The summed E-state index contributed by atoms with van der Waals surface area (Å²) in [6.07, 6.45) is 0.971. The van der Waals surface area contributed by atoms with Gasteiger partial charge in [0.05, 0.1) is 12.8 Å². The van der Waals surface area contributed by atoms with Gasteiger partial charge in [0.2, 0.25) is 47.3 Å². The molecule has 1 aliphatic rings. The lowest BCUT2D eigenvalue weighted by Crippen LogP contribution is -2.60. The van der Waals surface area contributed by atoms with Gasteiger partial charge < -0.3 is 67.3 Å². The Hall–Kier alpha value is -7.81. The Morgan fingerprint density at radius 3 is 2.09 bits per heavy atom. The zero-order valence-corrected chi connectivity index (χ0v) is 45.0. The lowest BCUT2D eigenvalue weighted by molar-refractivity contribution is -0.140. The number of aliphatic carboxylic acids is 1. The first-order valence-electron chi connectivity index (χ1n) is 25.7. The first-order chi connectivity index (χ1) is 36.7. The molecule has 2 heterocycles. The van der Waals surface area contributed by atoms with E-state index in [1.807, 2.05) is 13.8 Å². The van der Waals surface area contributed by atoms with Gasteiger partial charge in [0.1, 0.15) is 53.6 Å². The molecule has 0 aliphatic carbocycles. The minimum atomic E-state index is -4.90. The number of carboxylic acids is 1. The van der Waals surface area contributed by atoms with Crippen LogP contribution in [0.5, 0.6) is 5.75 Å². The van der Waals surface area contributed by atoms with E-state index < -0.39 is 130 Å². The molecule has 13 N–H and O–H groups in total. The molecule has 1 aliphatic heterocycles. The number of unbranched alkanes of at least 4 members (excludes halogenated alkanes) is 2. The summed E-state index contributed by atoms with van der Waals surface area (Å²) in [6.45, 7) is 8.41. The SMILES string of the molecule is CCCC[C@H](NC(=O)[C@H](Cc1c[nH]c2ccccc12)NC(=O)[C@H]1CCCCNC(=O)C[C@H](NC(=O)OC(C)(C)C)C(=O)N[C@H](Cc2ccc(OS(=O)(=O)O)cc2)C(=O)N[C@@H](CCCC)C(=O)N1)C(=O)N[C@@H](CC(=O)O)C(N)=O. The zero-order chi connectivity index (χ0) is 57.7. The van der Waals surface area contributed by atoms with Gasteiger partial charge in [-0.15, -0.1) is 0 Å². The molecule has 2 aromatic carbocycles. The average molecular weight is 1110 g/mol. The molecule has 0 bridgehead atoms. The molecular formula is C51H72N10O16S. The van der Waals surface area contributed by atoms with Crippen molar-refractivity contribution in [2.75, 3.05) is 6.54 Å². The molecule has 9 amide bonds. The third-order valence-electron chi connectivity index (χ3n) is 12.2. The van der Waals surface area contributed by atoms with E-state index in [0.29, 0.717) is 47.7 Å². The van der Waals surface area contributed by atoms with Gasteiger partial charge in [0, 0.05) is 36.5 Å². The van der Waals surface area contributed by atoms with Crippen LogP contribution in [0.1, 0.15) is 116 Å². The van der Waals surface area contributed by atoms with Crippen molar-refractivity contribution in [3.05, 3.63) is 65.9 Å². The van der Waals surface area contributed by atoms with E-state index in [-0.39, 0.29) is 57.2 Å². The lowest BCUT2D eigenvalue weighted by Gasteiger charge is -2.28. The second-order valence-corrected chi connectivity index (χ2v) is 20.8. The van der Waals surface area contributed by atoms with Gasteiger partial charge in [-0.1, -0.05) is 69.9 Å². The molecule has 0 saturated carbocycles. The van der Waals surface area contributed by atoms with Crippen LogP contribution in [0.2, 0.25) is 0 Å². The highest BCUT2D eigenvalue weighted by Gasteiger charge is 2.36. The number of rotatable bonds is 22. The number of hydrogen-bond donors (Lipinski definition) is 12. The van der Waals surface area contributed by atoms with E-state index >= 15 is 0 Å². The minimum absolute atomic E-state index is 0.00311. The molecule has 0 unspecified atom stereocenters. The van der Waals surface area contributed by atoms with Crippen molar-refractivity contribution >= 4 is 80.6 Å². The third kappa shape index (κ3) is 21.3. The van der Waals surface area contributed by atoms with E-state index in [9.17, 15) is 61.5 Å². The summed E-state index contributed by atoms with van der Waals surface area (Å²) in [5.41, 5.74) is 5.97. The molecular weight excluding hydrogens is 1040 g/mol. The summed E-state index contributed by atoms with van der Waals surface area (Å²) in [4.78, 5) is 139. The van der Waals surface area contributed by atoms with E-state index in [0.717, 1.165) is 0 Å². The van der Waals surface area contributed by atoms with Crippen LogP contribution in [0.4, 0.5) is 4.79 Å². The zero-order valence-electron chi connectivity index (χ0n) is 44.2. The number of ether oxygens (including phenoxy) is 1. The van der Waals surface area contributed by atoms with Crippen molar-refractivity contribution < 1.29 is 74.9 Å². The number of carboxylic acid groups (broad SMARTS) is 1. The fourth-order valence-electron chi connectivity index (χ4n) is 8.25. The topological polar surface area (TPSA) is 402 Å². The van der Waals surface area contributed by atoms with Crippen molar-refractivity contribution in [2.24, 2.45) is 5.73 Å². The van der Waals surface area contributed by atoms with E-state index in [2.05, 4.69) is 51.7 Å². The molecule has 428 valence electrons. The maximum Gasteiger partial charge on any atom is 0.446 e. The average Bonchev–Trinajstić information content (AvgIpc) is 3.76. The van der Waals surface area contributed by atoms with Crippen molar-refractivity contribution in [3.8, 4) is 5.75 Å². The molecule has 0 radical (unpaired) electrons. The molecule has 0 spiro atoms. The quantitative estimate of drug-likeness (QED) is 0.0624. The van der Waals surface area contributed by atoms with Crippen LogP contribution in [0.25, 0.3) is 10.9 Å². The Morgan fingerprint density at radius 2 is 1.45 bits per heavy atom. The standard InChI is InChI=1S/C51H72N10O16S/c1-6-8-15-34-44(66)55-36(46(68)60-39(25-30-28-54-33-17-11-10-14-32(30)33)48(70)57-35(16-9-7-2)45(67)58-37(43(52)65)27-42(63)64)18-12-13-23-53-41(62)26-40(61-50(72)76-51(3,4)5)49(71)59-38(47(69)56-34)24-29-19-21-31(22-20-29)77-78(73,74)75/h10-11,14,17,19-22,28,34-40,54H,6-9,12-13,15-16,18,23-27H2,1-5H3,(H2,52,65)(H,53,62)(H,55,66)(H,56,69)(H,57,70)(H,58,67)(H,59,71)(H,60,68)(H,61,72)(H,63,64)(H,73,74,75)/t34-,35-,36+,37-,38+,39-,40-/m0/s1. The molecule has 27 heteroatoms. The Morgan fingerprint density at radius 1 is 0.808 bits per heavy atom. The molecule has 26 nitrogen and oxygen atoms in total. The van der Waals surface area contributed by atoms with Gasteiger partial charge in [-0.25, -0.2) is 4.79 Å². The van der Waals surface area contributed by atoms with Crippen molar-refractivity contribution in [2.45, 2.75) is 166 Å². The summed E-state index contributed by atoms with van der Waals surface area (Å²) >= 11 is 0. The van der Waals surface area contributed by atoms with Crippen LogP contribution in [-0.2, 0) is 71.1 Å². The van der Waals surface area contributed by atoms with Crippen LogP contribution in [0, 0.1) is 0 Å². The fourth-order valence-corrected chi connectivity index (χ4v) is 8.60. The summed E-state index contributed by atoms with van der Waals surface area (Å²) in [5, 5.41) is 30.8. The highest BCUT2D eigenvalue weighted by molar-refractivity contribution is 7.81. The van der Waals surface area contributed by atoms with Crippen molar-refractivity contribution in [1.82, 2.24) is 47.5 Å². The monoisotopic (exact) mass is 1110 g/mol. The molecule has 3 aromatic rings. The Kier molecular flexibility index (Phi) is 23.8. The molecule has 1 aromatic heterocycles. The summed E-state index contributed by atoms with van der Waals surface area (Å²) < 4.78 is 41.7. The number of H-pyrrole nitrogens is 1. The van der Waals surface area contributed by atoms with Gasteiger partial charge in [0.15, 0.2) is 0 Å². The molecule has 78 heavy (non-hydrogen) atoms. The molecule has 7 atom stereocenters. The predicted octanol–water partition coefficient (Wildman–Crippen LogP) is 0.967. The van der Waals surface area contributed by atoms with Crippen LogP contribution in [0.3, 0.4) is 0 Å². The second kappa shape index (κ2) is 29.6. The van der Waals surface area contributed by atoms with Crippen LogP contribution < -0.4 is 52.5 Å². The number of aromatic amines is 1. The van der Waals surface area contributed by atoms with E-state index in [1.165, 1.54) is 24.3 Å². The number of amides is 9. The number of hydrogen-bond acceptors (Lipinski definition) is 14. The van der Waals surface area contributed by atoms with Gasteiger partial charge >= 0.3 is 22.5 Å². The Bertz CT molecular complexity index is 2730. The van der Waals surface area contributed by atoms with Gasteiger partial charge in [0.25, 0.3) is 0 Å². The van der Waals surface area contributed by atoms with Gasteiger partial charge in [-0.05, 0) is 82.2 Å². The first kappa shape index (κ1) is 62.7. The lowest BCUT2D eigenvalue weighted by atomic mass is 10.0.